The first-order chi connectivity index (χ1) is 12.1. The molecule has 0 saturated carbocycles. The molecule has 130 valence electrons. The Kier molecular flexibility index (Phi) is 3.67. The van der Waals surface area contributed by atoms with Crippen LogP contribution in [-0.4, -0.2) is 41.3 Å². The van der Waals surface area contributed by atoms with Gasteiger partial charge >= 0.3 is 5.69 Å². The first-order valence-corrected chi connectivity index (χ1v) is 8.43. The maximum atomic E-state index is 12.8. The Hall–Kier alpha value is -2.90. The molecular formula is C17H20N6O2. The van der Waals surface area contributed by atoms with E-state index >= 15 is 0 Å². The van der Waals surface area contributed by atoms with Gasteiger partial charge in [-0.1, -0.05) is 19.1 Å². The molecule has 0 radical (unpaired) electrons. The van der Waals surface area contributed by atoms with Gasteiger partial charge in [0.2, 0.25) is 5.91 Å². The Balaban J connectivity index is 1.59. The number of hydrogen-bond acceptors (Lipinski definition) is 4. The fourth-order valence-electron chi connectivity index (χ4n) is 3.44. The Morgan fingerprint density at radius 2 is 1.92 bits per heavy atom. The third kappa shape index (κ3) is 2.45. The summed E-state index contributed by atoms with van der Waals surface area (Å²) in [5, 5.41) is 8.35. The van der Waals surface area contributed by atoms with Gasteiger partial charge in [0.05, 0.1) is 17.6 Å². The van der Waals surface area contributed by atoms with E-state index in [0.717, 1.165) is 29.1 Å². The molecule has 0 unspecified atom stereocenters. The number of fused-ring (bicyclic) bond motifs is 2. The third-order valence-corrected chi connectivity index (χ3v) is 4.84. The molecule has 0 bridgehead atoms. The van der Waals surface area contributed by atoms with Gasteiger partial charge in [-0.3, -0.25) is 13.9 Å². The standard InChI is InChI=1S/C17H20N6O2/c1-3-14-18-19-15-10-21(8-9-22(14)15)16(24)11-23-13-7-5-4-6-12(13)20(2)17(23)25/h4-7H,3,8-11H2,1-2H3. The number of carbonyl (C=O) groups excluding carboxylic acids is 1. The van der Waals surface area contributed by atoms with Crippen LogP contribution in [-0.2, 0) is 37.9 Å². The van der Waals surface area contributed by atoms with Crippen molar-refractivity contribution >= 4 is 16.9 Å². The van der Waals surface area contributed by atoms with Gasteiger partial charge in [-0.05, 0) is 12.1 Å². The van der Waals surface area contributed by atoms with Crippen LogP contribution < -0.4 is 5.69 Å². The Morgan fingerprint density at radius 3 is 2.68 bits per heavy atom. The average molecular weight is 340 g/mol. The highest BCUT2D eigenvalue weighted by molar-refractivity contribution is 5.81. The second kappa shape index (κ2) is 5.87. The van der Waals surface area contributed by atoms with Gasteiger partial charge in [0.25, 0.3) is 0 Å². The molecule has 4 rings (SSSR count). The summed E-state index contributed by atoms with van der Waals surface area (Å²) < 4.78 is 5.19. The zero-order valence-corrected chi connectivity index (χ0v) is 14.3. The summed E-state index contributed by atoms with van der Waals surface area (Å²) in [6, 6.07) is 7.51. The summed E-state index contributed by atoms with van der Waals surface area (Å²) in [6.45, 7) is 3.82. The summed E-state index contributed by atoms with van der Waals surface area (Å²) in [5.74, 6) is 1.68. The van der Waals surface area contributed by atoms with E-state index in [4.69, 9.17) is 0 Å². The van der Waals surface area contributed by atoms with Gasteiger partial charge in [-0.25, -0.2) is 4.79 Å². The summed E-state index contributed by atoms with van der Waals surface area (Å²) in [5.41, 5.74) is 1.42. The second-order valence-corrected chi connectivity index (χ2v) is 6.27. The second-order valence-electron chi connectivity index (χ2n) is 6.27. The quantitative estimate of drug-likeness (QED) is 0.697. The number of rotatable bonds is 3. The molecule has 8 heteroatoms. The van der Waals surface area contributed by atoms with Gasteiger partial charge in [0, 0.05) is 26.6 Å². The van der Waals surface area contributed by atoms with E-state index in [0.29, 0.717) is 19.6 Å². The van der Waals surface area contributed by atoms with E-state index in [2.05, 4.69) is 14.8 Å². The van der Waals surface area contributed by atoms with Crippen LogP contribution in [0.4, 0.5) is 0 Å². The number of hydrogen-bond donors (Lipinski definition) is 0. The molecule has 1 aliphatic heterocycles. The number of aromatic nitrogens is 5. The zero-order valence-electron chi connectivity index (χ0n) is 14.3. The lowest BCUT2D eigenvalue weighted by atomic mass is 10.3. The van der Waals surface area contributed by atoms with Crippen molar-refractivity contribution in [3.05, 3.63) is 46.4 Å². The normalized spacial score (nSPS) is 14.1. The minimum atomic E-state index is -0.178. The molecule has 8 nitrogen and oxygen atoms in total. The van der Waals surface area contributed by atoms with Crippen molar-refractivity contribution in [1.29, 1.82) is 0 Å². The molecule has 0 fully saturated rings. The minimum Gasteiger partial charge on any atom is -0.332 e. The van der Waals surface area contributed by atoms with Crippen LogP contribution in [0.3, 0.4) is 0 Å². The Morgan fingerprint density at radius 1 is 1.16 bits per heavy atom. The Labute approximate surface area is 144 Å². The smallest absolute Gasteiger partial charge is 0.329 e. The number of benzene rings is 1. The molecule has 3 aromatic rings. The molecule has 3 heterocycles. The van der Waals surface area contributed by atoms with Crippen LogP contribution in [0.2, 0.25) is 0 Å². The van der Waals surface area contributed by atoms with Crippen molar-refractivity contribution in [2.75, 3.05) is 6.54 Å². The lowest BCUT2D eigenvalue weighted by Crippen LogP contribution is -2.41. The third-order valence-electron chi connectivity index (χ3n) is 4.84. The van der Waals surface area contributed by atoms with E-state index in [9.17, 15) is 9.59 Å². The molecular weight excluding hydrogens is 320 g/mol. The van der Waals surface area contributed by atoms with Crippen LogP contribution in [0.1, 0.15) is 18.6 Å². The highest BCUT2D eigenvalue weighted by atomic mass is 16.2. The number of carbonyl (C=O) groups is 1. The molecule has 0 N–H and O–H groups in total. The number of imidazole rings is 1. The van der Waals surface area contributed by atoms with Crippen molar-refractivity contribution in [2.24, 2.45) is 7.05 Å². The van der Waals surface area contributed by atoms with Crippen molar-refractivity contribution in [3.63, 3.8) is 0 Å². The predicted molar refractivity (Wildman–Crippen MR) is 92.0 cm³/mol. The van der Waals surface area contributed by atoms with Crippen molar-refractivity contribution < 1.29 is 4.79 Å². The van der Waals surface area contributed by atoms with Crippen molar-refractivity contribution in [1.82, 2.24) is 28.8 Å². The molecule has 0 spiro atoms. The van der Waals surface area contributed by atoms with Crippen LogP contribution in [0.5, 0.6) is 0 Å². The molecule has 2 aromatic heterocycles. The van der Waals surface area contributed by atoms with Gasteiger partial charge in [0.15, 0.2) is 5.82 Å². The van der Waals surface area contributed by atoms with E-state index in [1.54, 1.807) is 16.5 Å². The van der Waals surface area contributed by atoms with Gasteiger partial charge in [-0.15, -0.1) is 10.2 Å². The number of nitrogens with zero attached hydrogens (tertiary/aromatic N) is 6. The largest absolute Gasteiger partial charge is 0.332 e. The predicted octanol–water partition coefficient (Wildman–Crippen LogP) is 0.536. The molecule has 1 amide bonds. The summed E-state index contributed by atoms with van der Waals surface area (Å²) in [7, 11) is 1.72. The van der Waals surface area contributed by atoms with E-state index < -0.39 is 0 Å². The van der Waals surface area contributed by atoms with E-state index in [-0.39, 0.29) is 18.1 Å². The highest BCUT2D eigenvalue weighted by Crippen LogP contribution is 2.15. The molecule has 0 saturated heterocycles. The molecule has 0 atom stereocenters. The fraction of sp³-hybridized carbons (Fsp3) is 0.412. The van der Waals surface area contributed by atoms with Crippen LogP contribution in [0.15, 0.2) is 29.1 Å². The monoisotopic (exact) mass is 340 g/mol. The number of aryl methyl sites for hydroxylation is 2. The average Bonchev–Trinajstić information content (AvgIpc) is 3.16. The maximum Gasteiger partial charge on any atom is 0.329 e. The maximum absolute atomic E-state index is 12.8. The number of para-hydroxylation sites is 2. The lowest BCUT2D eigenvalue weighted by Gasteiger charge is -2.28. The molecule has 1 aliphatic rings. The van der Waals surface area contributed by atoms with E-state index in [1.165, 1.54) is 4.57 Å². The van der Waals surface area contributed by atoms with Gasteiger partial charge < -0.3 is 9.47 Å². The van der Waals surface area contributed by atoms with Gasteiger partial charge in [-0.2, -0.15) is 0 Å². The van der Waals surface area contributed by atoms with E-state index in [1.807, 2.05) is 31.2 Å². The van der Waals surface area contributed by atoms with Crippen LogP contribution >= 0.6 is 0 Å². The SMILES string of the molecule is CCc1nnc2n1CCN(C(=O)Cn1c(=O)n(C)c3ccccc31)C2. The van der Waals surface area contributed by atoms with Crippen molar-refractivity contribution in [2.45, 2.75) is 33.0 Å². The highest BCUT2D eigenvalue weighted by Gasteiger charge is 2.25. The zero-order chi connectivity index (χ0) is 17.6. The Bertz CT molecular complexity index is 1010. The molecule has 25 heavy (non-hydrogen) atoms. The minimum absolute atomic E-state index is 0.0367. The number of amides is 1. The summed E-state index contributed by atoms with van der Waals surface area (Å²) >= 11 is 0. The topological polar surface area (TPSA) is 78.0 Å². The van der Waals surface area contributed by atoms with Crippen LogP contribution in [0, 0.1) is 0 Å². The van der Waals surface area contributed by atoms with Crippen molar-refractivity contribution in [3.8, 4) is 0 Å². The van der Waals surface area contributed by atoms with Crippen LogP contribution in [0.25, 0.3) is 11.0 Å². The molecule has 0 aliphatic carbocycles. The molecule has 1 aromatic carbocycles. The lowest BCUT2D eigenvalue weighted by molar-refractivity contribution is -0.133. The van der Waals surface area contributed by atoms with Gasteiger partial charge in [0.1, 0.15) is 12.4 Å². The summed E-state index contributed by atoms with van der Waals surface area (Å²) in [6.07, 6.45) is 0.826. The first kappa shape index (κ1) is 15.6. The summed E-state index contributed by atoms with van der Waals surface area (Å²) in [4.78, 5) is 27.0. The first-order valence-electron chi connectivity index (χ1n) is 8.43. The fourth-order valence-corrected chi connectivity index (χ4v) is 3.44.